The predicted molar refractivity (Wildman–Crippen MR) is 111 cm³/mol. The quantitative estimate of drug-likeness (QED) is 0.493. The van der Waals surface area contributed by atoms with Gasteiger partial charge >= 0.3 is 0 Å². The Morgan fingerprint density at radius 3 is 1.85 bits per heavy atom. The minimum Gasteiger partial charge on any atom is -0.0769 e. The Labute approximate surface area is 168 Å². The van der Waals surface area contributed by atoms with Gasteiger partial charge in [0.15, 0.2) is 0 Å². The summed E-state index contributed by atoms with van der Waals surface area (Å²) in [5.74, 6) is 6.31. The minimum absolute atomic E-state index is 0.745. The monoisotopic (exact) mass is 412 g/mol. The summed E-state index contributed by atoms with van der Waals surface area (Å²) in [7, 11) is 0. The molecule has 0 N–H and O–H groups in total. The zero-order valence-electron chi connectivity index (χ0n) is 15.1. The molecule has 0 nitrogen and oxygen atoms in total. The average molecular weight is 413 g/mol. The Morgan fingerprint density at radius 2 is 1.19 bits per heavy atom. The number of fused-ring (bicyclic) bond motifs is 16. The van der Waals surface area contributed by atoms with E-state index in [2.05, 4.69) is 70.5 Å². The predicted octanol–water partition coefficient (Wildman–Crippen LogP) is 6.62. The van der Waals surface area contributed by atoms with Crippen molar-refractivity contribution in [3.05, 3.63) is 92.5 Å². The van der Waals surface area contributed by atoms with Crippen molar-refractivity contribution >= 4 is 15.9 Å². The summed E-state index contributed by atoms with van der Waals surface area (Å²) in [6.45, 7) is 0. The topological polar surface area (TPSA) is 0 Å². The summed E-state index contributed by atoms with van der Waals surface area (Å²) in [5.41, 5.74) is 10.1. The van der Waals surface area contributed by atoms with Gasteiger partial charge in [-0.1, -0.05) is 70.5 Å². The zero-order chi connectivity index (χ0) is 17.4. The Balaban J connectivity index is 1.22. The van der Waals surface area contributed by atoms with E-state index in [9.17, 15) is 0 Å². The molecule has 2 aromatic rings. The summed E-state index contributed by atoms with van der Waals surface area (Å²) in [5, 5.41) is 0. The Bertz CT molecular complexity index is 1100. The molecule has 8 rings (SSSR count). The molecule has 0 radical (unpaired) electrons. The second kappa shape index (κ2) is 4.51. The maximum absolute atomic E-state index is 4.12. The van der Waals surface area contributed by atoms with E-state index in [4.69, 9.17) is 0 Å². The van der Waals surface area contributed by atoms with Crippen LogP contribution in [0.5, 0.6) is 0 Å². The lowest BCUT2D eigenvalue weighted by Crippen LogP contribution is -2.33. The molecule has 132 valence electrons. The molecular weight excluding hydrogens is 392 g/mol. The van der Waals surface area contributed by atoms with E-state index in [0.29, 0.717) is 0 Å². The van der Waals surface area contributed by atoms with E-state index in [1.165, 1.54) is 12.8 Å². The van der Waals surface area contributed by atoms with Crippen LogP contribution in [-0.4, -0.2) is 0 Å². The third-order valence-electron chi connectivity index (χ3n) is 9.06. The first-order valence-corrected chi connectivity index (χ1v) is 11.4. The van der Waals surface area contributed by atoms with Gasteiger partial charge in [-0.2, -0.15) is 0 Å². The molecule has 27 heavy (non-hydrogen) atoms. The van der Waals surface area contributed by atoms with E-state index < -0.39 is 0 Å². The molecule has 0 heterocycles. The number of allylic oxidation sites excluding steroid dienone is 4. The molecule has 2 saturated carbocycles. The van der Waals surface area contributed by atoms with E-state index >= 15 is 0 Å². The zero-order valence-corrected chi connectivity index (χ0v) is 16.7. The van der Waals surface area contributed by atoms with E-state index in [1.54, 1.807) is 37.9 Å². The van der Waals surface area contributed by atoms with Gasteiger partial charge in [0.05, 0.1) is 0 Å². The molecule has 0 saturated heterocycles. The van der Waals surface area contributed by atoms with Crippen LogP contribution in [0.25, 0.3) is 0 Å². The number of rotatable bonds is 1. The fourth-order valence-corrected chi connectivity index (χ4v) is 9.29. The lowest BCUT2D eigenvalue weighted by molar-refractivity contribution is 0.406. The number of halogens is 1. The second-order valence-corrected chi connectivity index (χ2v) is 10.6. The van der Waals surface area contributed by atoms with Gasteiger partial charge in [0, 0.05) is 4.48 Å². The molecule has 4 bridgehead atoms. The van der Waals surface area contributed by atoms with Gasteiger partial charge < -0.3 is 0 Å². The van der Waals surface area contributed by atoms with Crippen LogP contribution in [0.15, 0.2) is 70.2 Å². The van der Waals surface area contributed by atoms with E-state index in [0.717, 1.165) is 47.3 Å². The van der Waals surface area contributed by atoms with Crippen molar-refractivity contribution in [1.29, 1.82) is 0 Å². The summed E-state index contributed by atoms with van der Waals surface area (Å²) < 4.78 is 1.58. The molecule has 6 aliphatic carbocycles. The third kappa shape index (κ3) is 1.43. The third-order valence-corrected chi connectivity index (χ3v) is 10.1. The maximum atomic E-state index is 4.12. The molecule has 0 unspecified atom stereocenters. The van der Waals surface area contributed by atoms with Crippen LogP contribution < -0.4 is 0 Å². The van der Waals surface area contributed by atoms with Gasteiger partial charge in [0.1, 0.15) is 0 Å². The Kier molecular flexibility index (Phi) is 2.41. The second-order valence-electron chi connectivity index (χ2n) is 9.70. The highest BCUT2D eigenvalue weighted by atomic mass is 79.9. The summed E-state index contributed by atoms with van der Waals surface area (Å²) >= 11 is 4.12. The molecule has 0 amide bonds. The summed E-state index contributed by atoms with van der Waals surface area (Å²) in [4.78, 5) is 0. The highest BCUT2D eigenvalue weighted by Crippen LogP contribution is 2.74. The van der Waals surface area contributed by atoms with Crippen molar-refractivity contribution < 1.29 is 0 Å². The lowest BCUT2D eigenvalue weighted by atomic mass is 9.58. The van der Waals surface area contributed by atoms with Crippen LogP contribution in [0.3, 0.4) is 0 Å². The molecule has 1 heteroatoms. The minimum atomic E-state index is 0.745. The highest BCUT2D eigenvalue weighted by molar-refractivity contribution is 9.11. The molecule has 0 aromatic heterocycles. The first kappa shape index (κ1) is 14.4. The molecule has 0 aliphatic heterocycles. The van der Waals surface area contributed by atoms with Crippen molar-refractivity contribution in [3.63, 3.8) is 0 Å². The largest absolute Gasteiger partial charge is 0.0769 e. The number of hydrogen-bond acceptors (Lipinski definition) is 0. The van der Waals surface area contributed by atoms with Gasteiger partial charge in [0.25, 0.3) is 0 Å². The van der Waals surface area contributed by atoms with Crippen LogP contribution in [0.1, 0.15) is 58.8 Å². The molecule has 2 fully saturated rings. The number of benzene rings is 2. The molecular formula is C26H21Br. The van der Waals surface area contributed by atoms with Crippen LogP contribution in [0.4, 0.5) is 0 Å². The van der Waals surface area contributed by atoms with Crippen molar-refractivity contribution in [2.24, 2.45) is 23.7 Å². The fraction of sp³-hybridized carbons (Fsp3) is 0.385. The van der Waals surface area contributed by atoms with Gasteiger partial charge in [-0.05, 0) is 93.6 Å². The first-order chi connectivity index (χ1) is 13.3. The molecule has 0 spiro atoms. The number of hydrogen-bond donors (Lipinski definition) is 0. The summed E-state index contributed by atoms with van der Waals surface area (Å²) in [6.07, 6.45) is 5.48. The molecule has 8 atom stereocenters. The van der Waals surface area contributed by atoms with Crippen molar-refractivity contribution in [1.82, 2.24) is 0 Å². The van der Waals surface area contributed by atoms with Crippen LogP contribution in [-0.2, 0) is 0 Å². The van der Waals surface area contributed by atoms with Crippen molar-refractivity contribution in [3.8, 4) is 0 Å². The smallest absolute Gasteiger partial charge is 0.00259 e. The maximum Gasteiger partial charge on any atom is 0.00259 e. The Hall–Kier alpha value is -1.60. The molecule has 6 aliphatic rings. The van der Waals surface area contributed by atoms with Crippen LogP contribution in [0, 0.1) is 23.7 Å². The lowest BCUT2D eigenvalue weighted by Gasteiger charge is -2.46. The van der Waals surface area contributed by atoms with Gasteiger partial charge in [-0.25, -0.2) is 0 Å². The fourth-order valence-electron chi connectivity index (χ4n) is 8.29. The summed E-state index contributed by atoms with van der Waals surface area (Å²) in [6, 6.07) is 18.5. The van der Waals surface area contributed by atoms with Crippen LogP contribution in [0.2, 0.25) is 0 Å². The van der Waals surface area contributed by atoms with E-state index in [-0.39, 0.29) is 0 Å². The Morgan fingerprint density at radius 1 is 0.630 bits per heavy atom. The van der Waals surface area contributed by atoms with Gasteiger partial charge in [0.2, 0.25) is 0 Å². The normalized spacial score (nSPS) is 43.5. The highest BCUT2D eigenvalue weighted by Gasteiger charge is 2.62. The van der Waals surface area contributed by atoms with E-state index in [1.807, 2.05) is 0 Å². The van der Waals surface area contributed by atoms with Gasteiger partial charge in [-0.3, -0.25) is 0 Å². The first-order valence-electron chi connectivity index (χ1n) is 10.6. The van der Waals surface area contributed by atoms with Crippen molar-refractivity contribution in [2.45, 2.75) is 36.5 Å². The van der Waals surface area contributed by atoms with Gasteiger partial charge in [-0.15, -0.1) is 0 Å². The average Bonchev–Trinajstić information content (AvgIpc) is 3.37. The SMILES string of the molecule is BrC1=C(C2=C[C@H]3C[C@@H]2[C@H]2c4ccccc4[C@H]23)[C@H]2C[C@@H]1[C@H]1c3ccccc3[C@H]12. The standard InChI is InChI=1S/C26H21Br/c27-26-20-11-19(23-15-7-3-4-8-16(15)24(20)23)25(26)18-10-12-9-17(18)22-14-6-2-1-5-13(14)21(12)22/h1-8,10,12,17,19-24H,9,11H2/t12-,17+,19+,20-,21-,22-,23+,24-/m1/s1. The van der Waals surface area contributed by atoms with Crippen molar-refractivity contribution in [2.75, 3.05) is 0 Å². The van der Waals surface area contributed by atoms with Crippen LogP contribution >= 0.6 is 15.9 Å². The molecule has 2 aromatic carbocycles.